The van der Waals surface area contributed by atoms with Crippen molar-refractivity contribution in [1.82, 2.24) is 9.97 Å². The minimum atomic E-state index is -2.11. The second-order valence-corrected chi connectivity index (χ2v) is 27.0. The minimum absolute atomic E-state index is 0.354. The fourth-order valence-corrected chi connectivity index (χ4v) is 15.2. The molecule has 10 heterocycles. The van der Waals surface area contributed by atoms with Gasteiger partial charge in [-0.25, -0.2) is 9.97 Å². The number of fused-ring (bicyclic) bond motifs is 17. The molecule has 103 heavy (non-hydrogen) atoms. The summed E-state index contributed by atoms with van der Waals surface area (Å²) < 4.78 is 78.9. The van der Waals surface area contributed by atoms with E-state index in [9.17, 15) is 0 Å². The summed E-state index contributed by atoms with van der Waals surface area (Å²) in [6.45, 7) is 6.03. The van der Waals surface area contributed by atoms with Gasteiger partial charge in [0.1, 0.15) is 55.5 Å². The van der Waals surface area contributed by atoms with E-state index in [2.05, 4.69) is 234 Å². The van der Waals surface area contributed by atoms with E-state index in [1.54, 1.807) is 24.3 Å². The largest absolute Gasteiger partial charge is 0.449 e. The van der Waals surface area contributed by atoms with Crippen molar-refractivity contribution in [3.05, 3.63) is 300 Å². The number of nitrogens with zero attached hydrogens (tertiary/aromatic N) is 6. The number of benzene rings is 10. The number of rotatable bonds is 4. The average Bonchev–Trinajstić information content (AvgIpc) is 1.62. The molecular formula is C93H76N6O4+4. The Bertz CT molecular complexity index is 7100. The lowest BCUT2D eigenvalue weighted by atomic mass is 10.0. The van der Waals surface area contributed by atoms with Crippen molar-refractivity contribution in [2.45, 2.75) is 48.3 Å². The van der Waals surface area contributed by atoms with Crippen LogP contribution in [0.25, 0.3) is 177 Å². The predicted octanol–water partition coefficient (Wildman–Crippen LogP) is 21.9. The first-order valence-electron chi connectivity index (χ1n) is 37.6. The van der Waals surface area contributed by atoms with Crippen LogP contribution >= 0.6 is 0 Å². The zero-order valence-electron chi connectivity index (χ0n) is 64.6. The Morgan fingerprint density at radius 1 is 0.272 bits per heavy atom. The van der Waals surface area contributed by atoms with Crippen molar-refractivity contribution in [2.75, 3.05) is 0 Å². The average molecular weight is 1350 g/mol. The van der Waals surface area contributed by atoms with Gasteiger partial charge in [0.05, 0.1) is 16.4 Å². The number of aromatic nitrogens is 6. The van der Waals surface area contributed by atoms with Crippen molar-refractivity contribution in [1.29, 1.82) is 0 Å². The molecule has 0 atom stereocenters. The molecule has 0 saturated heterocycles. The second-order valence-electron chi connectivity index (χ2n) is 27.0. The summed E-state index contributed by atoms with van der Waals surface area (Å²) >= 11 is 0. The molecule has 10 heteroatoms. The third-order valence-corrected chi connectivity index (χ3v) is 20.4. The lowest BCUT2D eigenvalue weighted by Crippen LogP contribution is -2.31. The molecule has 0 amide bonds. The summed E-state index contributed by atoms with van der Waals surface area (Å²) in [5.41, 5.74) is 27.6. The van der Waals surface area contributed by atoms with Crippen LogP contribution < -0.4 is 18.3 Å². The molecule has 0 saturated carbocycles. The molecule has 0 radical (unpaired) electrons. The first kappa shape index (κ1) is 57.1. The molecule has 0 bridgehead atoms. The van der Waals surface area contributed by atoms with E-state index in [0.29, 0.717) is 22.6 Å². The standard InChI is InChI=1S/C24H21N2O.C23H19N2O.2C23H18NO/c1-14-6-8-18(16(3)11-14)21-9-10-22-23(26(21)4)19-13-17-7-5-15(2)12-20(17)25-24(19)27-22;1-14-8-9-17(15(2)12-14)20-10-11-21-22(25(20)3)18-13-16-6-4-5-7-19(16)24-23(18)26-21;1-15-7-3-6-10-18(15)20-11-12-21-23(24(20)2)19-13-16-8-4-5-9-17(16)14-22(19)25-21;1-15-7-3-5-9-17(15)19-12-14-21-23(24(19)2)22-18-10-6-4-8-16(18)11-13-20(22)25-21/h5-13H,1-4H3;4-13H,1-3H3;2*3-14H,1-2H3/q4*+1/i2*1D3;;. The molecule has 498 valence electrons. The molecule has 0 aliphatic carbocycles. The zero-order chi connectivity index (χ0) is 75.5. The Morgan fingerprint density at radius 2 is 0.670 bits per heavy atom. The second kappa shape index (κ2) is 25.5. The highest BCUT2D eigenvalue weighted by Crippen LogP contribution is 2.38. The van der Waals surface area contributed by atoms with Crippen LogP contribution in [-0.4, -0.2) is 9.97 Å². The fourth-order valence-electron chi connectivity index (χ4n) is 15.2. The van der Waals surface area contributed by atoms with Gasteiger partial charge in [-0.05, 0) is 189 Å². The van der Waals surface area contributed by atoms with Crippen LogP contribution in [0.5, 0.6) is 0 Å². The summed E-state index contributed by atoms with van der Waals surface area (Å²) in [4.78, 5) is 9.41. The van der Waals surface area contributed by atoms with Gasteiger partial charge in [-0.2, -0.15) is 18.3 Å². The maximum absolute atomic E-state index is 7.65. The molecule has 0 fully saturated rings. The summed E-state index contributed by atoms with van der Waals surface area (Å²) in [7, 11) is 8.25. The van der Waals surface area contributed by atoms with Gasteiger partial charge in [-0.1, -0.05) is 157 Å². The van der Waals surface area contributed by atoms with Crippen LogP contribution in [0.3, 0.4) is 0 Å². The van der Waals surface area contributed by atoms with Crippen molar-refractivity contribution < 1.29 is 44.2 Å². The maximum atomic E-state index is 7.65. The van der Waals surface area contributed by atoms with Crippen LogP contribution in [-0.2, 0) is 28.2 Å². The summed E-state index contributed by atoms with van der Waals surface area (Å²) in [5, 5.41) is 11.3. The van der Waals surface area contributed by atoms with Crippen LogP contribution in [0, 0.1) is 48.3 Å². The van der Waals surface area contributed by atoms with Crippen LogP contribution in [0.15, 0.2) is 279 Å². The molecule has 0 N–H and O–H groups in total. The van der Waals surface area contributed by atoms with Crippen LogP contribution in [0.1, 0.15) is 47.2 Å². The number of para-hydroxylation sites is 1. The number of hydrogen-bond donors (Lipinski definition) is 0. The number of pyridine rings is 6. The number of aryl methyl sites for hydroxylation is 11. The highest BCUT2D eigenvalue weighted by molar-refractivity contribution is 6.16. The number of furan rings is 4. The lowest BCUT2D eigenvalue weighted by Gasteiger charge is -2.06. The summed E-state index contributed by atoms with van der Waals surface area (Å²) in [6.07, 6.45) is 0. The normalized spacial score (nSPS) is 12.7. The van der Waals surface area contributed by atoms with E-state index in [0.717, 1.165) is 133 Å². The minimum Gasteiger partial charge on any atom is -0.449 e. The quantitative estimate of drug-likeness (QED) is 0.163. The monoisotopic (exact) mass is 1350 g/mol. The van der Waals surface area contributed by atoms with Gasteiger partial charge >= 0.3 is 0 Å². The van der Waals surface area contributed by atoms with Crippen LogP contribution in [0.4, 0.5) is 0 Å². The topological polar surface area (TPSA) is 93.9 Å². The van der Waals surface area contributed by atoms with Gasteiger partial charge < -0.3 is 17.7 Å². The first-order chi connectivity index (χ1) is 52.5. The van der Waals surface area contributed by atoms with E-state index < -0.39 is 13.7 Å². The lowest BCUT2D eigenvalue weighted by molar-refractivity contribution is -0.633. The third kappa shape index (κ3) is 11.2. The molecule has 0 unspecified atom stereocenters. The molecular weight excluding hydrogens is 1270 g/mol. The first-order valence-corrected chi connectivity index (χ1v) is 34.6. The van der Waals surface area contributed by atoms with E-state index in [1.165, 1.54) is 60.6 Å². The van der Waals surface area contributed by atoms with E-state index in [4.69, 9.17) is 30.9 Å². The predicted molar refractivity (Wildman–Crippen MR) is 420 cm³/mol. The molecule has 20 aromatic rings. The van der Waals surface area contributed by atoms with Gasteiger partial charge in [0.25, 0.3) is 22.1 Å². The Morgan fingerprint density at radius 3 is 1.22 bits per heavy atom. The molecule has 20 rings (SSSR count). The van der Waals surface area contributed by atoms with Crippen molar-refractivity contribution in [3.63, 3.8) is 0 Å². The van der Waals surface area contributed by atoms with E-state index in [1.807, 2.05) is 88.6 Å². The van der Waals surface area contributed by atoms with Crippen LogP contribution in [0.2, 0.25) is 0 Å². The molecule has 0 spiro atoms. The van der Waals surface area contributed by atoms with Gasteiger partial charge in [0, 0.05) is 65.5 Å². The highest BCUT2D eigenvalue weighted by atomic mass is 16.3. The van der Waals surface area contributed by atoms with E-state index >= 15 is 0 Å². The summed E-state index contributed by atoms with van der Waals surface area (Å²) in [6, 6.07) is 87.9. The molecule has 10 aromatic heterocycles. The van der Waals surface area contributed by atoms with Gasteiger partial charge in [-0.3, -0.25) is 0 Å². The molecule has 10 nitrogen and oxygen atoms in total. The van der Waals surface area contributed by atoms with Gasteiger partial charge in [-0.15, -0.1) is 0 Å². The Labute approximate surface area is 604 Å². The highest BCUT2D eigenvalue weighted by Gasteiger charge is 2.28. The Hall–Kier alpha value is -12.7. The SMILES string of the molecule is Cc1ccccc1-c1ccc2oc3cc4ccccc4cc3c2[n+]1C.Cc1ccccc1-c1ccc2oc3ccc4ccccc4c3c2[n+]1C.[2H]C([2H])([2H])c1ccc(-c2ccc3oc4nc5cc(C)ccc5cc4c3[n+]2C)c(C)c1.[2H]C([2H])([2H])c1ccc(-c2ccc3oc4nc5ccccc5cc4c3[n+]2C)c(C)c1. The Balaban J connectivity index is 0.000000106. The Kier molecular flexibility index (Phi) is 14.1. The van der Waals surface area contributed by atoms with E-state index in [-0.39, 0.29) is 0 Å². The number of hydrogen-bond acceptors (Lipinski definition) is 6. The summed E-state index contributed by atoms with van der Waals surface area (Å²) in [5.74, 6) is 0. The smallest absolute Gasteiger partial charge is 0.261 e. The zero-order valence-corrected chi connectivity index (χ0v) is 58.6. The molecule has 0 aliphatic rings. The molecule has 10 aromatic carbocycles. The van der Waals surface area contributed by atoms with Gasteiger partial charge in [0.15, 0.2) is 11.2 Å². The maximum Gasteiger partial charge on any atom is 0.261 e. The van der Waals surface area contributed by atoms with Crippen molar-refractivity contribution in [3.8, 4) is 45.0 Å². The van der Waals surface area contributed by atoms with Crippen molar-refractivity contribution >= 4 is 132 Å². The van der Waals surface area contributed by atoms with Gasteiger partial charge in [0.2, 0.25) is 45.4 Å². The van der Waals surface area contributed by atoms with Crippen molar-refractivity contribution in [2.24, 2.45) is 28.2 Å². The molecule has 0 aliphatic heterocycles. The third-order valence-electron chi connectivity index (χ3n) is 20.4. The fraction of sp³-hybridized carbons (Fsp3) is 0.118.